The molecule has 1 amide bonds. The third kappa shape index (κ3) is 6.20. The van der Waals surface area contributed by atoms with Gasteiger partial charge in [0.25, 0.3) is 10.0 Å². The van der Waals surface area contributed by atoms with Gasteiger partial charge >= 0.3 is 0 Å². The lowest BCUT2D eigenvalue weighted by Gasteiger charge is -2.40. The number of anilines is 2. The average molecular weight is 623 g/mol. The molecule has 1 atom stereocenters. The topological polar surface area (TPSA) is 135 Å². The number of nitrogens with one attached hydrogen (secondary N) is 1. The van der Waals surface area contributed by atoms with Crippen LogP contribution in [0.1, 0.15) is 13.8 Å². The van der Waals surface area contributed by atoms with Crippen molar-refractivity contribution in [1.29, 1.82) is 0 Å². The molecule has 1 fully saturated rings. The highest BCUT2D eigenvalue weighted by Crippen LogP contribution is 2.34. The number of carbonyl (C=O) groups excluding carboxylic acids is 2. The Morgan fingerprint density at radius 1 is 1.02 bits per heavy atom. The number of nitrogens with zero attached hydrogens (tertiary/aromatic N) is 5. The zero-order chi connectivity index (χ0) is 31.6. The number of ether oxygens (including phenoxy) is 1. The Labute approximate surface area is 252 Å². The maximum atomic E-state index is 14.3. The van der Waals surface area contributed by atoms with E-state index in [9.17, 15) is 26.8 Å². The zero-order valence-electron chi connectivity index (χ0n) is 24.0. The highest BCUT2D eigenvalue weighted by atomic mass is 32.2. The molecule has 4 aromatic rings. The van der Waals surface area contributed by atoms with Crippen molar-refractivity contribution in [2.24, 2.45) is 0 Å². The van der Waals surface area contributed by atoms with Crippen molar-refractivity contribution in [2.75, 3.05) is 36.4 Å². The van der Waals surface area contributed by atoms with Gasteiger partial charge in [-0.05, 0) is 55.8 Å². The van der Waals surface area contributed by atoms with Gasteiger partial charge in [-0.2, -0.15) is 0 Å². The number of hydrogen-bond donors (Lipinski definition) is 1. The smallest absolute Gasteiger partial charge is 0.267 e. The molecule has 0 unspecified atom stereocenters. The number of piperazine rings is 1. The molecule has 0 radical (unpaired) electrons. The second kappa shape index (κ2) is 12.3. The van der Waals surface area contributed by atoms with Gasteiger partial charge in [-0.25, -0.2) is 32.2 Å². The number of amides is 1. The lowest BCUT2D eigenvalue weighted by Crippen LogP contribution is -2.53. The molecule has 1 saturated heterocycles. The third-order valence-corrected chi connectivity index (χ3v) is 8.51. The van der Waals surface area contributed by atoms with Crippen LogP contribution in [0.4, 0.5) is 20.3 Å². The van der Waals surface area contributed by atoms with Gasteiger partial charge in [-0.1, -0.05) is 12.1 Å². The third-order valence-electron chi connectivity index (χ3n) is 7.10. The van der Waals surface area contributed by atoms with Crippen molar-refractivity contribution in [3.63, 3.8) is 0 Å². The van der Waals surface area contributed by atoms with Crippen LogP contribution in [0.2, 0.25) is 0 Å². The van der Waals surface area contributed by atoms with Crippen LogP contribution >= 0.6 is 0 Å². The molecule has 0 aliphatic carbocycles. The van der Waals surface area contributed by atoms with Crippen LogP contribution in [-0.2, 0) is 19.6 Å². The Morgan fingerprint density at radius 3 is 2.45 bits per heavy atom. The number of sulfonamides is 1. The molecule has 228 valence electrons. The van der Waals surface area contributed by atoms with E-state index >= 15 is 0 Å². The van der Waals surface area contributed by atoms with Gasteiger partial charge in [-0.15, -0.1) is 0 Å². The number of halogens is 2. The molecule has 11 nitrogen and oxygen atoms in total. The minimum Gasteiger partial charge on any atom is -0.480 e. The van der Waals surface area contributed by atoms with Crippen molar-refractivity contribution < 1.29 is 31.5 Å². The van der Waals surface area contributed by atoms with E-state index in [0.717, 1.165) is 18.2 Å². The molecule has 1 aliphatic rings. The van der Waals surface area contributed by atoms with E-state index in [4.69, 9.17) is 4.74 Å². The van der Waals surface area contributed by atoms with Gasteiger partial charge in [0.1, 0.15) is 29.5 Å². The number of carbonyl (C=O) groups is 2. The lowest BCUT2D eigenvalue weighted by molar-refractivity contribution is -0.127. The van der Waals surface area contributed by atoms with E-state index in [1.165, 1.54) is 44.8 Å². The van der Waals surface area contributed by atoms with Gasteiger partial charge in [0, 0.05) is 48.9 Å². The fourth-order valence-corrected chi connectivity index (χ4v) is 6.19. The van der Waals surface area contributed by atoms with E-state index < -0.39 is 26.6 Å². The number of aromatic nitrogens is 3. The summed E-state index contributed by atoms with van der Waals surface area (Å²) < 4.78 is 62.0. The Kier molecular flexibility index (Phi) is 8.54. The first kappa shape index (κ1) is 30.5. The summed E-state index contributed by atoms with van der Waals surface area (Å²) in [5, 5.41) is 0.708. The van der Waals surface area contributed by atoms with Crippen LogP contribution in [-0.4, -0.2) is 72.7 Å². The molecular weight excluding hydrogens is 594 g/mol. The predicted octanol–water partition coefficient (Wildman–Crippen LogP) is 3.96. The molecule has 0 saturated carbocycles. The summed E-state index contributed by atoms with van der Waals surface area (Å²) in [4.78, 5) is 39.5. The minimum atomic E-state index is -4.68. The molecule has 0 bridgehead atoms. The van der Waals surface area contributed by atoms with Crippen LogP contribution in [0.25, 0.3) is 22.0 Å². The first-order chi connectivity index (χ1) is 21.0. The van der Waals surface area contributed by atoms with Gasteiger partial charge in [0.15, 0.2) is 10.7 Å². The largest absolute Gasteiger partial charge is 0.480 e. The quantitative estimate of drug-likeness (QED) is 0.290. The SMILES string of the molecule is COc1ncc(-c2ccc3ncnc(N4CCN(C(=O)/C=C/C(C)=O)C[C@@H]4C)c3c2)cc1NS(=O)(=O)c1c(F)cccc1F. The number of ketones is 1. The number of allylic oxidation sites excluding steroid dienone is 1. The van der Waals surface area contributed by atoms with E-state index in [0.29, 0.717) is 47.5 Å². The molecule has 2 aromatic heterocycles. The molecule has 1 N–H and O–H groups in total. The molecule has 2 aromatic carbocycles. The van der Waals surface area contributed by atoms with Gasteiger partial charge in [0.05, 0.1) is 12.6 Å². The normalized spacial score (nSPS) is 15.5. The Bertz CT molecular complexity index is 1880. The van der Waals surface area contributed by atoms with Crippen molar-refractivity contribution in [2.45, 2.75) is 24.8 Å². The first-order valence-electron chi connectivity index (χ1n) is 13.5. The maximum Gasteiger partial charge on any atom is 0.267 e. The number of fused-ring (bicyclic) bond motifs is 1. The predicted molar refractivity (Wildman–Crippen MR) is 160 cm³/mol. The van der Waals surface area contributed by atoms with Crippen LogP contribution in [0.15, 0.2) is 72.0 Å². The number of pyridine rings is 1. The second-order valence-electron chi connectivity index (χ2n) is 10.1. The average Bonchev–Trinajstić information content (AvgIpc) is 2.99. The van der Waals surface area contributed by atoms with Gasteiger partial charge in [0.2, 0.25) is 11.8 Å². The summed E-state index contributed by atoms with van der Waals surface area (Å²) in [6.07, 6.45) is 5.47. The number of hydrogen-bond acceptors (Lipinski definition) is 9. The van der Waals surface area contributed by atoms with E-state index in [2.05, 4.69) is 24.6 Å². The van der Waals surface area contributed by atoms with E-state index in [1.807, 2.05) is 13.0 Å². The zero-order valence-corrected chi connectivity index (χ0v) is 24.8. The molecule has 14 heteroatoms. The van der Waals surface area contributed by atoms with E-state index in [-0.39, 0.29) is 29.3 Å². The summed E-state index contributed by atoms with van der Waals surface area (Å²) in [5.74, 6) is -2.38. The Balaban J connectivity index is 1.47. The summed E-state index contributed by atoms with van der Waals surface area (Å²) in [6, 6.07) is 9.51. The van der Waals surface area contributed by atoms with Crippen LogP contribution in [0.3, 0.4) is 0 Å². The Morgan fingerprint density at radius 2 is 1.77 bits per heavy atom. The first-order valence-corrected chi connectivity index (χ1v) is 15.0. The highest BCUT2D eigenvalue weighted by molar-refractivity contribution is 7.92. The van der Waals surface area contributed by atoms with Gasteiger partial charge < -0.3 is 14.5 Å². The molecular formula is C30H28F2N6O5S. The summed E-state index contributed by atoms with van der Waals surface area (Å²) in [6.45, 7) is 4.68. The monoisotopic (exact) mass is 622 g/mol. The molecule has 5 rings (SSSR count). The van der Waals surface area contributed by atoms with Crippen molar-refractivity contribution in [1.82, 2.24) is 19.9 Å². The number of methoxy groups -OCH3 is 1. The fourth-order valence-electron chi connectivity index (χ4n) is 5.00. The van der Waals surface area contributed by atoms with Crippen LogP contribution < -0.4 is 14.4 Å². The van der Waals surface area contributed by atoms with Gasteiger partial charge in [-0.3, -0.25) is 14.3 Å². The van der Waals surface area contributed by atoms with E-state index in [1.54, 1.807) is 17.0 Å². The van der Waals surface area contributed by atoms with Crippen LogP contribution in [0.5, 0.6) is 5.88 Å². The summed E-state index contributed by atoms with van der Waals surface area (Å²) >= 11 is 0. The fraction of sp³-hybridized carbons (Fsp3) is 0.233. The van der Waals surface area contributed by atoms with Crippen LogP contribution in [0, 0.1) is 11.6 Å². The molecule has 44 heavy (non-hydrogen) atoms. The maximum absolute atomic E-state index is 14.3. The van der Waals surface area contributed by atoms with Crippen molar-refractivity contribution in [3.05, 3.63) is 78.8 Å². The highest BCUT2D eigenvalue weighted by Gasteiger charge is 2.29. The molecule has 3 heterocycles. The molecule has 0 spiro atoms. The summed E-state index contributed by atoms with van der Waals surface area (Å²) in [7, 11) is -3.39. The van der Waals surface area contributed by atoms with Crippen molar-refractivity contribution >= 4 is 44.1 Å². The minimum absolute atomic E-state index is 0.0988. The second-order valence-corrected chi connectivity index (χ2v) is 11.8. The number of benzene rings is 2. The number of rotatable bonds is 8. The standard InChI is InChI=1S/C30H28F2N6O5S/c1-18-16-37(27(40)10-7-19(2)39)11-12-38(18)29-22-13-20(8-9-25(22)34-17-35-29)21-14-26(30(43-3)33-15-21)36-44(41,42)28-23(31)5-4-6-24(28)32/h4-10,13-15,17-18,36H,11-12,16H2,1-3H3/b10-7+/t18-/m0/s1. The van der Waals surface area contributed by atoms with Crippen molar-refractivity contribution in [3.8, 4) is 17.0 Å². The molecule has 1 aliphatic heterocycles. The Hall–Kier alpha value is -4.98. The lowest BCUT2D eigenvalue weighted by atomic mass is 10.0. The summed E-state index contributed by atoms with van der Waals surface area (Å²) in [5.41, 5.74) is 1.66.